The van der Waals surface area contributed by atoms with Gasteiger partial charge in [-0.3, -0.25) is 4.98 Å². The fourth-order valence-corrected chi connectivity index (χ4v) is 4.04. The first-order valence-electron chi connectivity index (χ1n) is 8.31. The second-order valence-electron chi connectivity index (χ2n) is 6.31. The van der Waals surface area contributed by atoms with Crippen LogP contribution >= 0.6 is 45.2 Å². The Morgan fingerprint density at radius 2 is 1.48 bits per heavy atom. The largest absolute Gasteiger partial charge is 0.260 e. The minimum atomic E-state index is 0.550. The van der Waals surface area contributed by atoms with Crippen molar-refractivity contribution in [1.82, 2.24) is 15.0 Å². The molecule has 3 nitrogen and oxygen atoms in total. The number of rotatable bonds is 2. The highest BCUT2D eigenvalue weighted by Gasteiger charge is 2.22. The highest BCUT2D eigenvalue weighted by molar-refractivity contribution is 14.1. The lowest BCUT2D eigenvalue weighted by atomic mass is 9.84. The Balaban J connectivity index is 1.82. The quantitative estimate of drug-likeness (QED) is 0.368. The van der Waals surface area contributed by atoms with E-state index in [-0.39, 0.29) is 0 Å². The molecule has 23 heavy (non-hydrogen) atoms. The topological polar surface area (TPSA) is 38.7 Å². The van der Waals surface area contributed by atoms with E-state index >= 15 is 0 Å². The molecule has 2 heterocycles. The molecular weight excluding hydrogens is 512 g/mol. The van der Waals surface area contributed by atoms with Crippen molar-refractivity contribution < 1.29 is 0 Å². The average molecular weight is 533 g/mol. The molecule has 0 spiro atoms. The normalized spacial score (nSPS) is 22.9. The van der Waals surface area contributed by atoms with E-state index in [9.17, 15) is 0 Å². The van der Waals surface area contributed by atoms with Crippen LogP contribution < -0.4 is 0 Å². The van der Waals surface area contributed by atoms with Crippen LogP contribution in [0.3, 0.4) is 0 Å². The lowest BCUT2D eigenvalue weighted by Crippen LogP contribution is -2.09. The second-order valence-corrected chi connectivity index (χ2v) is 8.52. The van der Waals surface area contributed by atoms with E-state index in [2.05, 4.69) is 67.3 Å². The number of pyridine rings is 1. The van der Waals surface area contributed by atoms with Crippen molar-refractivity contribution in [3.8, 4) is 0 Å². The zero-order chi connectivity index (χ0) is 16.1. The van der Waals surface area contributed by atoms with Crippen LogP contribution in [0.1, 0.15) is 68.0 Å². The molecule has 0 aliphatic heterocycles. The van der Waals surface area contributed by atoms with Crippen LogP contribution in [0.2, 0.25) is 0 Å². The molecule has 1 aliphatic rings. The Bertz CT molecular complexity index is 558. The van der Waals surface area contributed by atoms with Crippen LogP contribution in [0.15, 0.2) is 30.7 Å². The van der Waals surface area contributed by atoms with Gasteiger partial charge in [0.15, 0.2) is 3.83 Å². The first-order valence-corrected chi connectivity index (χ1v) is 10.5. The van der Waals surface area contributed by atoms with Crippen molar-refractivity contribution in [2.45, 2.75) is 56.8 Å². The Morgan fingerprint density at radius 3 is 2.13 bits per heavy atom. The van der Waals surface area contributed by atoms with Gasteiger partial charge in [0, 0.05) is 56.4 Å². The first-order chi connectivity index (χ1) is 11.2. The maximum absolute atomic E-state index is 4.71. The van der Waals surface area contributed by atoms with Crippen molar-refractivity contribution in [3.63, 3.8) is 0 Å². The molecule has 1 aliphatic carbocycles. The van der Waals surface area contributed by atoms with Gasteiger partial charge >= 0.3 is 0 Å². The fraction of sp³-hybridized carbons (Fsp3) is 0.500. The summed E-state index contributed by atoms with van der Waals surface area (Å²) in [4.78, 5) is 13.5. The van der Waals surface area contributed by atoms with Gasteiger partial charge in [0.1, 0.15) is 0 Å². The third-order valence-electron chi connectivity index (χ3n) is 4.70. The molecule has 2 atom stereocenters. The zero-order valence-electron chi connectivity index (χ0n) is 13.1. The maximum atomic E-state index is 4.71. The summed E-state index contributed by atoms with van der Waals surface area (Å²) < 4.78 is 2.03. The second kappa shape index (κ2) is 8.69. The molecule has 0 amide bonds. The van der Waals surface area contributed by atoms with Crippen molar-refractivity contribution in [2.24, 2.45) is 0 Å². The van der Waals surface area contributed by atoms with Crippen LogP contribution in [0.4, 0.5) is 0 Å². The van der Waals surface area contributed by atoms with Crippen molar-refractivity contribution in [2.75, 3.05) is 0 Å². The van der Waals surface area contributed by atoms with Crippen LogP contribution in [-0.2, 0) is 0 Å². The van der Waals surface area contributed by atoms with Crippen molar-refractivity contribution >= 4 is 45.2 Å². The molecule has 2 aromatic heterocycles. The molecule has 0 aromatic carbocycles. The first kappa shape index (κ1) is 17.5. The van der Waals surface area contributed by atoms with Gasteiger partial charge in [-0.1, -0.05) is 25.7 Å². The summed E-state index contributed by atoms with van der Waals surface area (Å²) in [6.07, 6.45) is 15.0. The number of nitrogens with zero attached hydrogens (tertiary/aromatic N) is 3. The highest BCUT2D eigenvalue weighted by atomic mass is 127. The Morgan fingerprint density at radius 1 is 0.783 bits per heavy atom. The van der Waals surface area contributed by atoms with E-state index < -0.39 is 0 Å². The van der Waals surface area contributed by atoms with E-state index in [0.717, 1.165) is 10.3 Å². The summed E-state index contributed by atoms with van der Waals surface area (Å²) >= 11 is 4.49. The number of hydrogen-bond donors (Lipinski definition) is 0. The number of hydrogen-bond acceptors (Lipinski definition) is 3. The smallest absolute Gasteiger partial charge is 0.190 e. The summed E-state index contributed by atoms with van der Waals surface area (Å²) in [5.74, 6) is 1.10. The maximum Gasteiger partial charge on any atom is 0.190 e. The van der Waals surface area contributed by atoms with E-state index in [1.807, 2.05) is 18.6 Å². The molecule has 0 radical (unpaired) electrons. The zero-order valence-corrected chi connectivity index (χ0v) is 17.4. The molecule has 5 heteroatoms. The summed E-state index contributed by atoms with van der Waals surface area (Å²) in [5.41, 5.74) is 2.55. The summed E-state index contributed by atoms with van der Waals surface area (Å²) in [6.45, 7) is 0. The molecule has 0 N–H and O–H groups in total. The molecule has 0 bridgehead atoms. The third-order valence-corrected chi connectivity index (χ3v) is 5.90. The predicted octanol–water partition coefficient (Wildman–Crippen LogP) is 5.69. The summed E-state index contributed by atoms with van der Waals surface area (Å²) in [6, 6.07) is 4.39. The standard InChI is InChI=1S/C18H21I2N3/c19-16-7-8-17(21-12-16)14-6-4-2-1-3-5-13(9-14)15-10-22-18(20)23-11-15/h7-8,10-14H,1-6,9H2. The summed E-state index contributed by atoms with van der Waals surface area (Å²) in [7, 11) is 0. The predicted molar refractivity (Wildman–Crippen MR) is 110 cm³/mol. The van der Waals surface area contributed by atoms with E-state index in [1.165, 1.54) is 53.4 Å². The molecule has 3 rings (SSSR count). The van der Waals surface area contributed by atoms with Crippen LogP contribution in [0.5, 0.6) is 0 Å². The van der Waals surface area contributed by atoms with Crippen LogP contribution in [0.25, 0.3) is 0 Å². The van der Waals surface area contributed by atoms with E-state index in [1.54, 1.807) is 0 Å². The molecular formula is C18H21I2N3. The molecule has 1 saturated carbocycles. The molecule has 122 valence electrons. The van der Waals surface area contributed by atoms with Gasteiger partial charge in [-0.05, 0) is 65.5 Å². The number of aromatic nitrogens is 3. The van der Waals surface area contributed by atoms with E-state index in [0.29, 0.717) is 11.8 Å². The van der Waals surface area contributed by atoms with Crippen LogP contribution in [-0.4, -0.2) is 15.0 Å². The van der Waals surface area contributed by atoms with Crippen LogP contribution in [0, 0.1) is 7.40 Å². The molecule has 1 fully saturated rings. The lowest BCUT2D eigenvalue weighted by molar-refractivity contribution is 0.479. The fourth-order valence-electron chi connectivity index (χ4n) is 3.45. The van der Waals surface area contributed by atoms with Gasteiger partial charge in [0.05, 0.1) is 0 Å². The highest BCUT2D eigenvalue weighted by Crippen LogP contribution is 2.37. The minimum Gasteiger partial charge on any atom is -0.260 e. The van der Waals surface area contributed by atoms with Crippen molar-refractivity contribution in [3.05, 3.63) is 49.4 Å². The third kappa shape index (κ3) is 5.08. The SMILES string of the molecule is Ic1ccc(C2CCCCCCC(c3cnc(I)nc3)C2)nc1. The molecule has 2 aromatic rings. The average Bonchev–Trinajstić information content (AvgIpc) is 2.68. The van der Waals surface area contributed by atoms with Gasteiger partial charge in [0.25, 0.3) is 0 Å². The summed E-state index contributed by atoms with van der Waals surface area (Å²) in [5, 5.41) is 0. The monoisotopic (exact) mass is 533 g/mol. The molecule has 2 unspecified atom stereocenters. The lowest BCUT2D eigenvalue weighted by Gasteiger charge is -2.22. The minimum absolute atomic E-state index is 0.550. The Kier molecular flexibility index (Phi) is 6.62. The van der Waals surface area contributed by atoms with Gasteiger partial charge in [-0.15, -0.1) is 0 Å². The Labute approximate surface area is 165 Å². The van der Waals surface area contributed by atoms with E-state index in [4.69, 9.17) is 4.98 Å². The van der Waals surface area contributed by atoms with Gasteiger partial charge in [-0.2, -0.15) is 0 Å². The van der Waals surface area contributed by atoms with Gasteiger partial charge < -0.3 is 0 Å². The molecule has 0 saturated heterocycles. The van der Waals surface area contributed by atoms with Crippen molar-refractivity contribution in [1.29, 1.82) is 0 Å². The van der Waals surface area contributed by atoms with Gasteiger partial charge in [-0.25, -0.2) is 9.97 Å². The number of halogens is 2. The Hall–Kier alpha value is -0.310. The van der Waals surface area contributed by atoms with Gasteiger partial charge in [0.2, 0.25) is 0 Å².